The molecular weight excluding hydrogens is 899 g/mol. The Balaban J connectivity index is 3.45. The van der Waals surface area contributed by atoms with Crippen molar-refractivity contribution >= 4 is 11.9 Å². The number of esters is 1. The van der Waals surface area contributed by atoms with E-state index in [4.69, 9.17) is 4.74 Å². The van der Waals surface area contributed by atoms with Crippen LogP contribution in [-0.2, 0) is 14.3 Å². The summed E-state index contributed by atoms with van der Waals surface area (Å²) in [5.74, 6) is -0.0798. The van der Waals surface area contributed by atoms with Crippen LogP contribution >= 0.6 is 0 Å². The van der Waals surface area contributed by atoms with Crippen LogP contribution in [0.3, 0.4) is 0 Å². The molecule has 0 bridgehead atoms. The van der Waals surface area contributed by atoms with E-state index in [1.807, 2.05) is 6.08 Å². The number of aliphatic hydroxyl groups is 2. The quantitative estimate of drug-likeness (QED) is 0.0320. The zero-order chi connectivity index (χ0) is 52.9. The number of allylic oxidation sites excluding steroid dienone is 3. The Morgan fingerprint density at radius 1 is 0.370 bits per heavy atom. The molecule has 0 aromatic heterocycles. The second-order valence-electron chi connectivity index (χ2n) is 22.8. The molecule has 0 radical (unpaired) electrons. The predicted octanol–water partition coefficient (Wildman–Crippen LogP) is 21.0. The van der Waals surface area contributed by atoms with Gasteiger partial charge >= 0.3 is 5.97 Å². The average Bonchev–Trinajstić information content (AvgIpc) is 3.39. The van der Waals surface area contributed by atoms with E-state index in [1.165, 1.54) is 283 Å². The Morgan fingerprint density at radius 2 is 0.644 bits per heavy atom. The Kier molecular flexibility index (Phi) is 61.4. The predicted molar refractivity (Wildman–Crippen MR) is 320 cm³/mol. The summed E-state index contributed by atoms with van der Waals surface area (Å²) in [6.45, 7) is 4.91. The lowest BCUT2D eigenvalue weighted by Gasteiger charge is -2.20. The van der Waals surface area contributed by atoms with Gasteiger partial charge in [0.05, 0.1) is 25.4 Å². The molecule has 73 heavy (non-hydrogen) atoms. The number of unbranched alkanes of at least 4 members (excludes halogenated alkanes) is 49. The van der Waals surface area contributed by atoms with E-state index in [2.05, 4.69) is 31.3 Å². The Hall–Kier alpha value is -1.66. The SMILES string of the molecule is CCCCCCCCC/C=C\CCCCCCCCCC(=O)OCCCCCCCCCCCCCCCCC(=O)NC(CO)C(O)/C=C/CCCCCCCCCCCCCCCCCCCCCCCC. The van der Waals surface area contributed by atoms with Crippen molar-refractivity contribution in [2.75, 3.05) is 13.2 Å². The molecule has 0 saturated carbocycles. The third kappa shape index (κ3) is 59.4. The summed E-state index contributed by atoms with van der Waals surface area (Å²) in [5.41, 5.74) is 0. The lowest BCUT2D eigenvalue weighted by atomic mass is 10.0. The summed E-state index contributed by atoms with van der Waals surface area (Å²) in [6, 6.07) is -0.637. The highest BCUT2D eigenvalue weighted by molar-refractivity contribution is 5.76. The van der Waals surface area contributed by atoms with Gasteiger partial charge in [0.1, 0.15) is 0 Å². The molecule has 0 aliphatic carbocycles. The smallest absolute Gasteiger partial charge is 0.305 e. The molecule has 0 fully saturated rings. The molecule has 432 valence electrons. The van der Waals surface area contributed by atoms with Crippen molar-refractivity contribution in [3.63, 3.8) is 0 Å². The molecule has 0 rings (SSSR count). The van der Waals surface area contributed by atoms with Gasteiger partial charge in [0.25, 0.3) is 0 Å². The molecule has 6 nitrogen and oxygen atoms in total. The van der Waals surface area contributed by atoms with Crippen molar-refractivity contribution in [3.05, 3.63) is 24.3 Å². The second kappa shape index (κ2) is 62.9. The number of aliphatic hydroxyl groups excluding tert-OH is 2. The van der Waals surface area contributed by atoms with Crippen molar-refractivity contribution in [2.45, 2.75) is 379 Å². The molecule has 3 N–H and O–H groups in total. The van der Waals surface area contributed by atoms with Crippen LogP contribution < -0.4 is 5.32 Å². The van der Waals surface area contributed by atoms with Crippen LogP contribution in [-0.4, -0.2) is 47.4 Å². The molecule has 1 amide bonds. The van der Waals surface area contributed by atoms with Crippen molar-refractivity contribution < 1.29 is 24.5 Å². The minimum absolute atomic E-state index is 0.00526. The second-order valence-corrected chi connectivity index (χ2v) is 22.8. The molecule has 0 aliphatic heterocycles. The summed E-state index contributed by atoms with van der Waals surface area (Å²) in [4.78, 5) is 24.6. The van der Waals surface area contributed by atoms with Crippen LogP contribution in [0.25, 0.3) is 0 Å². The van der Waals surface area contributed by atoms with Crippen molar-refractivity contribution in [1.29, 1.82) is 0 Å². The summed E-state index contributed by atoms with van der Waals surface area (Å²) in [6.07, 6.45) is 78.0. The molecule has 0 saturated heterocycles. The molecule has 0 aliphatic rings. The molecule has 0 aromatic rings. The fraction of sp³-hybridized carbons (Fsp3) is 0.910. The highest BCUT2D eigenvalue weighted by atomic mass is 16.5. The highest BCUT2D eigenvalue weighted by Gasteiger charge is 2.18. The van der Waals surface area contributed by atoms with Crippen LogP contribution in [0, 0.1) is 0 Å². The number of ether oxygens (including phenoxy) is 1. The molecular formula is C67H129NO5. The number of carbonyl (C=O) groups excluding carboxylic acids is 2. The maximum absolute atomic E-state index is 12.5. The van der Waals surface area contributed by atoms with Crippen LogP contribution in [0.15, 0.2) is 24.3 Å². The lowest BCUT2D eigenvalue weighted by Crippen LogP contribution is -2.45. The Morgan fingerprint density at radius 3 is 0.973 bits per heavy atom. The summed E-state index contributed by atoms with van der Waals surface area (Å²) in [5, 5.41) is 23.2. The van der Waals surface area contributed by atoms with E-state index < -0.39 is 12.1 Å². The maximum Gasteiger partial charge on any atom is 0.305 e. The summed E-state index contributed by atoms with van der Waals surface area (Å²) in [7, 11) is 0. The fourth-order valence-corrected chi connectivity index (χ4v) is 10.4. The van der Waals surface area contributed by atoms with Crippen LogP contribution in [0.2, 0.25) is 0 Å². The molecule has 2 atom stereocenters. The highest BCUT2D eigenvalue weighted by Crippen LogP contribution is 2.18. The van der Waals surface area contributed by atoms with Gasteiger partial charge in [-0.15, -0.1) is 0 Å². The minimum atomic E-state index is -0.853. The molecule has 2 unspecified atom stereocenters. The van der Waals surface area contributed by atoms with Gasteiger partial charge in [-0.3, -0.25) is 9.59 Å². The zero-order valence-electron chi connectivity index (χ0n) is 49.4. The number of amides is 1. The van der Waals surface area contributed by atoms with Gasteiger partial charge in [0, 0.05) is 12.8 Å². The van der Waals surface area contributed by atoms with Crippen LogP contribution in [0.5, 0.6) is 0 Å². The first kappa shape index (κ1) is 71.3. The van der Waals surface area contributed by atoms with Crippen LogP contribution in [0.4, 0.5) is 0 Å². The lowest BCUT2D eigenvalue weighted by molar-refractivity contribution is -0.143. The van der Waals surface area contributed by atoms with Gasteiger partial charge < -0.3 is 20.3 Å². The standard InChI is InChI=1S/C67H129NO5/c1-3-5-7-9-11-13-15-17-19-21-23-24-25-26-27-28-29-31-35-39-43-47-51-55-59-65(70)64(63-69)68-66(71)60-56-52-48-44-40-36-33-34-38-42-46-50-54-58-62-73-67(72)61-57-53-49-45-41-37-32-30-22-20-18-16-14-12-10-8-6-4-2/h20,22,55,59,64-65,69-70H,3-19,21,23-54,56-58,60-63H2,1-2H3,(H,68,71)/b22-20-,59-55+. The number of carbonyl (C=O) groups is 2. The van der Waals surface area contributed by atoms with E-state index in [1.54, 1.807) is 6.08 Å². The van der Waals surface area contributed by atoms with Gasteiger partial charge in [-0.25, -0.2) is 0 Å². The van der Waals surface area contributed by atoms with Gasteiger partial charge in [0.2, 0.25) is 5.91 Å². The van der Waals surface area contributed by atoms with E-state index >= 15 is 0 Å². The van der Waals surface area contributed by atoms with Crippen molar-refractivity contribution in [2.24, 2.45) is 0 Å². The van der Waals surface area contributed by atoms with Gasteiger partial charge in [0.15, 0.2) is 0 Å². The normalized spacial score (nSPS) is 12.7. The minimum Gasteiger partial charge on any atom is -0.466 e. The molecule has 0 heterocycles. The summed E-state index contributed by atoms with van der Waals surface area (Å²) >= 11 is 0. The molecule has 0 aromatic carbocycles. The number of hydrogen-bond donors (Lipinski definition) is 3. The number of rotatable bonds is 62. The molecule has 6 heteroatoms. The van der Waals surface area contributed by atoms with Crippen molar-refractivity contribution in [1.82, 2.24) is 5.32 Å². The van der Waals surface area contributed by atoms with Gasteiger partial charge in [-0.2, -0.15) is 0 Å². The number of nitrogens with one attached hydrogen (secondary N) is 1. The van der Waals surface area contributed by atoms with Gasteiger partial charge in [-0.1, -0.05) is 321 Å². The van der Waals surface area contributed by atoms with Crippen LogP contribution in [0.1, 0.15) is 367 Å². The topological polar surface area (TPSA) is 95.9 Å². The zero-order valence-corrected chi connectivity index (χ0v) is 49.4. The average molecular weight is 1030 g/mol. The Labute approximate surface area is 456 Å². The fourth-order valence-electron chi connectivity index (χ4n) is 10.4. The third-order valence-corrected chi connectivity index (χ3v) is 15.5. The maximum atomic E-state index is 12.5. The largest absolute Gasteiger partial charge is 0.466 e. The first-order valence-corrected chi connectivity index (χ1v) is 33.1. The first-order chi connectivity index (χ1) is 36.0. The van der Waals surface area contributed by atoms with E-state index in [0.717, 1.165) is 57.8 Å². The third-order valence-electron chi connectivity index (χ3n) is 15.5. The van der Waals surface area contributed by atoms with E-state index in [-0.39, 0.29) is 18.5 Å². The van der Waals surface area contributed by atoms with E-state index in [0.29, 0.717) is 19.4 Å². The summed E-state index contributed by atoms with van der Waals surface area (Å²) < 4.78 is 5.49. The number of hydrogen-bond acceptors (Lipinski definition) is 5. The Bertz CT molecular complexity index is 1140. The first-order valence-electron chi connectivity index (χ1n) is 33.1. The van der Waals surface area contributed by atoms with Gasteiger partial charge in [-0.05, 0) is 57.8 Å². The molecule has 0 spiro atoms. The monoisotopic (exact) mass is 1030 g/mol. The van der Waals surface area contributed by atoms with E-state index in [9.17, 15) is 19.8 Å². The van der Waals surface area contributed by atoms with Crippen molar-refractivity contribution in [3.8, 4) is 0 Å².